The van der Waals surface area contributed by atoms with E-state index in [1.807, 2.05) is 0 Å². The molecule has 0 aromatic heterocycles. The van der Waals surface area contributed by atoms with Gasteiger partial charge in [-0.1, -0.05) is 0 Å². The van der Waals surface area contributed by atoms with Crippen LogP contribution >= 0.6 is 0 Å². The Labute approximate surface area is 75.9 Å². The predicted octanol–water partition coefficient (Wildman–Crippen LogP) is -5.92. The molecule has 0 spiro atoms. The number of halogens is 1. The third kappa shape index (κ3) is 1.32. The fourth-order valence-corrected chi connectivity index (χ4v) is 1.48. The highest BCUT2D eigenvalue weighted by Gasteiger charge is 2.50. The first-order chi connectivity index (χ1) is 5.20. The molecule has 0 aromatic rings. The lowest BCUT2D eigenvalue weighted by molar-refractivity contribution is -0.485. The monoisotopic (exact) mass is 197 g/mol. The molecule has 0 unspecified atom stereocenters. The minimum absolute atomic E-state index is 0. The topological polar surface area (TPSA) is 86.6 Å². The number of aliphatic hydroxyl groups excluding tert-OH is 2. The number of hydrogen-bond donors (Lipinski definition) is 3. The van der Waals surface area contributed by atoms with E-state index >= 15 is 0 Å². The summed E-state index contributed by atoms with van der Waals surface area (Å²) < 4.78 is 10.3. The Balaban J connectivity index is 0.000000720. The predicted molar refractivity (Wildman–Crippen MR) is 33.3 cm³/mol. The van der Waals surface area contributed by atoms with Gasteiger partial charge in [-0.15, -0.1) is 0 Å². The van der Waals surface area contributed by atoms with Gasteiger partial charge < -0.3 is 37.8 Å². The lowest BCUT2D eigenvalue weighted by atomic mass is 10.00. The van der Waals surface area contributed by atoms with E-state index in [1.165, 1.54) is 0 Å². The highest BCUT2D eigenvalue weighted by molar-refractivity contribution is 4.91. The van der Waals surface area contributed by atoms with Crippen molar-refractivity contribution in [3.05, 3.63) is 0 Å². The molecule has 2 aliphatic heterocycles. The van der Waals surface area contributed by atoms with Gasteiger partial charge in [0, 0.05) is 0 Å². The van der Waals surface area contributed by atoms with E-state index in [1.54, 1.807) is 0 Å². The van der Waals surface area contributed by atoms with E-state index < -0.39 is 18.5 Å². The Morgan fingerprint density at radius 2 is 1.92 bits per heavy atom. The summed E-state index contributed by atoms with van der Waals surface area (Å²) in [6, 6.07) is -0.385. The maximum Gasteiger partial charge on any atom is 0.213 e. The van der Waals surface area contributed by atoms with Crippen LogP contribution in [0.1, 0.15) is 0 Å². The molecule has 2 aliphatic rings. The molecule has 72 valence electrons. The van der Waals surface area contributed by atoms with Gasteiger partial charge in [-0.25, -0.2) is 0 Å². The summed E-state index contributed by atoms with van der Waals surface area (Å²) in [6.07, 6.45) is -2.47. The molecule has 0 aromatic carbocycles. The zero-order valence-corrected chi connectivity index (χ0v) is 7.15. The normalized spacial score (nSPS) is 51.8. The highest BCUT2D eigenvalue weighted by Crippen LogP contribution is 2.25. The number of rotatable bonds is 0. The van der Waals surface area contributed by atoms with Crippen molar-refractivity contribution in [2.24, 2.45) is 0 Å². The van der Waals surface area contributed by atoms with Gasteiger partial charge in [0.15, 0.2) is 6.04 Å². The fourth-order valence-electron chi connectivity index (χ4n) is 1.48. The third-order valence-electron chi connectivity index (χ3n) is 2.25. The van der Waals surface area contributed by atoms with Gasteiger partial charge in [0.2, 0.25) is 6.29 Å². The molecule has 2 fully saturated rings. The molecule has 5 atom stereocenters. The summed E-state index contributed by atoms with van der Waals surface area (Å²) in [5.74, 6) is 0. The van der Waals surface area contributed by atoms with Gasteiger partial charge in [0.25, 0.3) is 0 Å². The molecule has 5 nitrogen and oxygen atoms in total. The Morgan fingerprint density at radius 3 is 2.58 bits per heavy atom. The molecule has 0 saturated carbocycles. The van der Waals surface area contributed by atoms with Gasteiger partial charge in [0.1, 0.15) is 18.3 Å². The zero-order chi connectivity index (χ0) is 8.01. The average Bonchev–Trinajstić information content (AvgIpc) is 2.44. The van der Waals surface area contributed by atoms with Gasteiger partial charge in [-0.3, -0.25) is 0 Å². The SMILES string of the molecule is [Cl-].[NH3+][C@H]1[C@@H]2OC[C@@H](O2)[C@@H](O)[C@@H]1O. The average molecular weight is 198 g/mol. The number of fused-ring (bicyclic) bond motifs is 2. The van der Waals surface area contributed by atoms with Crippen LogP contribution in [-0.2, 0) is 9.47 Å². The fraction of sp³-hybridized carbons (Fsp3) is 1.00. The Hall–Kier alpha value is 0.0900. The molecule has 0 aliphatic carbocycles. The second-order valence-corrected chi connectivity index (χ2v) is 3.02. The number of quaternary nitrogens is 1. The van der Waals surface area contributed by atoms with Crippen LogP contribution in [0.4, 0.5) is 0 Å². The lowest BCUT2D eigenvalue weighted by Crippen LogP contribution is -3.00. The van der Waals surface area contributed by atoms with Crippen LogP contribution in [0.3, 0.4) is 0 Å². The summed E-state index contributed by atoms with van der Waals surface area (Å²) in [5.41, 5.74) is 3.65. The molecule has 0 amide bonds. The van der Waals surface area contributed by atoms with E-state index in [0.717, 1.165) is 0 Å². The van der Waals surface area contributed by atoms with Crippen molar-refractivity contribution in [2.75, 3.05) is 6.61 Å². The second-order valence-electron chi connectivity index (χ2n) is 3.02. The van der Waals surface area contributed by atoms with E-state index in [4.69, 9.17) is 9.47 Å². The molecule has 6 heteroatoms. The van der Waals surface area contributed by atoms with E-state index in [-0.39, 0.29) is 24.6 Å². The van der Waals surface area contributed by atoms with Crippen LogP contribution in [0, 0.1) is 0 Å². The molecule has 0 radical (unpaired) electrons. The van der Waals surface area contributed by atoms with Crippen molar-refractivity contribution in [3.8, 4) is 0 Å². The summed E-state index contributed by atoms with van der Waals surface area (Å²) >= 11 is 0. The van der Waals surface area contributed by atoms with Crippen molar-refractivity contribution in [3.63, 3.8) is 0 Å². The zero-order valence-electron chi connectivity index (χ0n) is 6.39. The van der Waals surface area contributed by atoms with E-state index in [0.29, 0.717) is 6.61 Å². The lowest BCUT2D eigenvalue weighted by Gasteiger charge is -2.30. The summed E-state index contributed by atoms with van der Waals surface area (Å²) in [6.45, 7) is 0.356. The van der Waals surface area contributed by atoms with Crippen molar-refractivity contribution in [2.45, 2.75) is 30.6 Å². The van der Waals surface area contributed by atoms with Gasteiger partial charge in [-0.2, -0.15) is 0 Å². The highest BCUT2D eigenvalue weighted by atomic mass is 35.5. The first-order valence-corrected chi connectivity index (χ1v) is 3.66. The largest absolute Gasteiger partial charge is 1.00 e. The summed E-state index contributed by atoms with van der Waals surface area (Å²) in [5, 5.41) is 18.7. The maximum absolute atomic E-state index is 9.35. The number of hydrogen-bond acceptors (Lipinski definition) is 4. The molecule has 12 heavy (non-hydrogen) atoms. The van der Waals surface area contributed by atoms with Crippen LogP contribution in [0.2, 0.25) is 0 Å². The molecule has 5 N–H and O–H groups in total. The van der Waals surface area contributed by atoms with Gasteiger partial charge >= 0.3 is 0 Å². The Bertz CT molecular complexity index is 150. The van der Waals surface area contributed by atoms with Gasteiger partial charge in [0.05, 0.1) is 6.61 Å². The van der Waals surface area contributed by atoms with Crippen LogP contribution < -0.4 is 18.1 Å². The molecular weight excluding hydrogens is 186 g/mol. The first-order valence-electron chi connectivity index (χ1n) is 3.66. The summed E-state index contributed by atoms with van der Waals surface area (Å²) in [7, 11) is 0. The molecular formula is C6H12ClNO4. The standard InChI is InChI=1S/C6H11NO4.ClH/c7-3-5(9)4(8)2-1-10-6(3)11-2;/h2-6,8-9H,1,7H2;1H/t2-,3-,4-,5-,6-;/m1./s1. The van der Waals surface area contributed by atoms with Crippen molar-refractivity contribution in [1.29, 1.82) is 0 Å². The van der Waals surface area contributed by atoms with Crippen LogP contribution in [-0.4, -0.2) is 47.5 Å². The van der Waals surface area contributed by atoms with Crippen molar-refractivity contribution < 1.29 is 37.8 Å². The van der Waals surface area contributed by atoms with Crippen LogP contribution in [0.15, 0.2) is 0 Å². The molecule has 2 heterocycles. The van der Waals surface area contributed by atoms with Gasteiger partial charge in [-0.05, 0) is 0 Å². The first kappa shape index (κ1) is 10.2. The van der Waals surface area contributed by atoms with E-state index in [2.05, 4.69) is 5.73 Å². The quantitative estimate of drug-likeness (QED) is 0.361. The minimum Gasteiger partial charge on any atom is -1.00 e. The number of ether oxygens (including phenoxy) is 2. The molecule has 2 saturated heterocycles. The van der Waals surface area contributed by atoms with E-state index in [9.17, 15) is 10.2 Å². The molecule has 2 bridgehead atoms. The van der Waals surface area contributed by atoms with Crippen LogP contribution in [0.25, 0.3) is 0 Å². The maximum atomic E-state index is 9.35. The Kier molecular flexibility index (Phi) is 2.92. The van der Waals surface area contributed by atoms with Crippen molar-refractivity contribution in [1.82, 2.24) is 0 Å². The molecule has 2 rings (SSSR count). The number of aliphatic hydroxyl groups is 2. The smallest absolute Gasteiger partial charge is 0.213 e. The third-order valence-corrected chi connectivity index (χ3v) is 2.25. The van der Waals surface area contributed by atoms with Crippen molar-refractivity contribution >= 4 is 0 Å². The Morgan fingerprint density at radius 1 is 1.25 bits per heavy atom. The summed E-state index contributed by atoms with van der Waals surface area (Å²) in [4.78, 5) is 0. The van der Waals surface area contributed by atoms with Crippen LogP contribution in [0.5, 0.6) is 0 Å². The second kappa shape index (κ2) is 3.45. The minimum atomic E-state index is -0.851.